The first-order valence-electron chi connectivity index (χ1n) is 9.37. The van der Waals surface area contributed by atoms with E-state index in [1.807, 2.05) is 28.6 Å². The Balaban J connectivity index is 1.48. The van der Waals surface area contributed by atoms with Gasteiger partial charge in [0.2, 0.25) is 0 Å². The highest BCUT2D eigenvalue weighted by molar-refractivity contribution is 5.95. The molecule has 0 radical (unpaired) electrons. The second-order valence-electron chi connectivity index (χ2n) is 7.14. The van der Waals surface area contributed by atoms with E-state index in [0.29, 0.717) is 23.0 Å². The average Bonchev–Trinajstić information content (AvgIpc) is 3.32. The van der Waals surface area contributed by atoms with Gasteiger partial charge in [-0.1, -0.05) is 0 Å². The minimum absolute atomic E-state index is 0.00590. The third-order valence-corrected chi connectivity index (χ3v) is 5.36. The van der Waals surface area contributed by atoms with Crippen LogP contribution in [0.1, 0.15) is 22.6 Å². The van der Waals surface area contributed by atoms with Crippen LogP contribution in [0.2, 0.25) is 0 Å². The summed E-state index contributed by atoms with van der Waals surface area (Å²) < 4.78 is 12.6. The van der Waals surface area contributed by atoms with E-state index in [1.54, 1.807) is 38.6 Å². The second-order valence-corrected chi connectivity index (χ2v) is 7.14. The molecule has 0 bridgehead atoms. The van der Waals surface area contributed by atoms with Crippen molar-refractivity contribution in [2.45, 2.75) is 12.8 Å². The molecule has 0 saturated carbocycles. The number of hydrogen-bond donors (Lipinski definition) is 0. The number of aryl methyl sites for hydroxylation is 1. The van der Waals surface area contributed by atoms with Gasteiger partial charge in [-0.25, -0.2) is 9.97 Å². The Morgan fingerprint density at radius 1 is 1.21 bits per heavy atom. The van der Waals surface area contributed by atoms with Crippen LogP contribution in [0.4, 0.5) is 0 Å². The number of hydrogen-bond acceptors (Lipinski definition) is 5. The van der Waals surface area contributed by atoms with Crippen LogP contribution in [0, 0.1) is 5.92 Å². The number of ether oxygens (including phenoxy) is 2. The lowest BCUT2D eigenvalue weighted by Gasteiger charge is -2.17. The molecule has 1 aliphatic heterocycles. The van der Waals surface area contributed by atoms with Gasteiger partial charge in [-0.3, -0.25) is 4.79 Å². The van der Waals surface area contributed by atoms with Gasteiger partial charge < -0.3 is 18.9 Å². The van der Waals surface area contributed by atoms with Crippen LogP contribution >= 0.6 is 0 Å². The third-order valence-electron chi connectivity index (χ3n) is 5.36. The fourth-order valence-corrected chi connectivity index (χ4v) is 3.81. The number of rotatable bonds is 5. The number of aromatic nitrogens is 3. The van der Waals surface area contributed by atoms with Gasteiger partial charge in [0, 0.05) is 44.4 Å². The molecule has 0 unspecified atom stereocenters. The molecule has 3 aromatic rings. The van der Waals surface area contributed by atoms with Crippen molar-refractivity contribution in [2.75, 3.05) is 27.3 Å². The standard InChI is InChI=1S/C21H24N4O3/c1-24-19(23-18-5-4-7-22-20(18)24)9-14-6-8-25(13-14)21(26)15-10-16(27-2)12-17(11-15)28-3/h4-5,7,10-12,14H,6,8-9,13H2,1-3H3/t14-/m1/s1. The fraction of sp³-hybridized carbons (Fsp3) is 0.381. The lowest BCUT2D eigenvalue weighted by atomic mass is 10.0. The first-order valence-corrected chi connectivity index (χ1v) is 9.37. The zero-order chi connectivity index (χ0) is 19.7. The number of nitrogens with zero attached hydrogens (tertiary/aromatic N) is 4. The average molecular weight is 380 g/mol. The zero-order valence-corrected chi connectivity index (χ0v) is 16.4. The van der Waals surface area contributed by atoms with Gasteiger partial charge in [0.25, 0.3) is 5.91 Å². The van der Waals surface area contributed by atoms with E-state index in [2.05, 4.69) is 4.98 Å². The molecular formula is C21H24N4O3. The Kier molecular flexibility index (Phi) is 4.90. The molecular weight excluding hydrogens is 356 g/mol. The van der Waals surface area contributed by atoms with Crippen LogP contribution in [0.25, 0.3) is 11.2 Å². The molecule has 1 aromatic carbocycles. The summed E-state index contributed by atoms with van der Waals surface area (Å²) in [5.74, 6) is 2.63. The lowest BCUT2D eigenvalue weighted by molar-refractivity contribution is 0.0786. The molecule has 1 fully saturated rings. The molecule has 3 heterocycles. The molecule has 2 aromatic heterocycles. The quantitative estimate of drug-likeness (QED) is 0.681. The second kappa shape index (κ2) is 7.50. The van der Waals surface area contributed by atoms with Gasteiger partial charge in [-0.15, -0.1) is 0 Å². The van der Waals surface area contributed by atoms with Crippen molar-refractivity contribution < 1.29 is 14.3 Å². The molecule has 28 heavy (non-hydrogen) atoms. The predicted molar refractivity (Wildman–Crippen MR) is 106 cm³/mol. The van der Waals surface area contributed by atoms with E-state index in [9.17, 15) is 4.79 Å². The summed E-state index contributed by atoms with van der Waals surface area (Å²) in [7, 11) is 5.17. The molecule has 0 aliphatic carbocycles. The van der Waals surface area contributed by atoms with E-state index < -0.39 is 0 Å². The minimum Gasteiger partial charge on any atom is -0.497 e. The maximum atomic E-state index is 13.0. The first-order chi connectivity index (χ1) is 13.6. The molecule has 0 N–H and O–H groups in total. The highest BCUT2D eigenvalue weighted by Crippen LogP contribution is 2.27. The van der Waals surface area contributed by atoms with Crippen LogP contribution in [-0.2, 0) is 13.5 Å². The van der Waals surface area contributed by atoms with Crippen molar-refractivity contribution in [3.05, 3.63) is 47.9 Å². The highest BCUT2D eigenvalue weighted by atomic mass is 16.5. The van der Waals surface area contributed by atoms with E-state index in [-0.39, 0.29) is 5.91 Å². The monoisotopic (exact) mass is 380 g/mol. The molecule has 7 heteroatoms. The van der Waals surface area contributed by atoms with E-state index in [0.717, 1.165) is 42.9 Å². The summed E-state index contributed by atoms with van der Waals surface area (Å²) in [4.78, 5) is 24.0. The Bertz CT molecular complexity index is 992. The van der Waals surface area contributed by atoms with Crippen LogP contribution in [0.15, 0.2) is 36.5 Å². The number of pyridine rings is 1. The number of fused-ring (bicyclic) bond motifs is 1. The summed E-state index contributed by atoms with van der Waals surface area (Å²) in [6.45, 7) is 1.46. The van der Waals surface area contributed by atoms with Crippen molar-refractivity contribution in [1.82, 2.24) is 19.4 Å². The van der Waals surface area contributed by atoms with Crippen LogP contribution < -0.4 is 9.47 Å². The zero-order valence-electron chi connectivity index (χ0n) is 16.4. The molecule has 1 amide bonds. The van der Waals surface area contributed by atoms with Gasteiger partial charge >= 0.3 is 0 Å². The van der Waals surface area contributed by atoms with E-state index in [4.69, 9.17) is 14.5 Å². The molecule has 1 aliphatic rings. The van der Waals surface area contributed by atoms with Crippen LogP contribution in [-0.4, -0.2) is 52.7 Å². The van der Waals surface area contributed by atoms with Gasteiger partial charge in [0.05, 0.1) is 14.2 Å². The number of carbonyl (C=O) groups is 1. The minimum atomic E-state index is 0.00590. The summed E-state index contributed by atoms with van der Waals surface area (Å²) in [6.07, 6.45) is 3.58. The Hall–Kier alpha value is -3.09. The summed E-state index contributed by atoms with van der Waals surface area (Å²) >= 11 is 0. The van der Waals surface area contributed by atoms with Gasteiger partial charge in [0.1, 0.15) is 22.8 Å². The topological polar surface area (TPSA) is 69.5 Å². The fourth-order valence-electron chi connectivity index (χ4n) is 3.81. The van der Waals surface area contributed by atoms with Gasteiger partial charge in [-0.05, 0) is 36.6 Å². The molecule has 0 spiro atoms. The number of amides is 1. The van der Waals surface area contributed by atoms with Crippen molar-refractivity contribution in [2.24, 2.45) is 13.0 Å². The molecule has 1 saturated heterocycles. The predicted octanol–water partition coefficient (Wildman–Crippen LogP) is 2.69. The Morgan fingerprint density at radius 3 is 2.64 bits per heavy atom. The first kappa shape index (κ1) is 18.3. The molecule has 4 rings (SSSR count). The van der Waals surface area contributed by atoms with E-state index in [1.165, 1.54) is 0 Å². The number of methoxy groups -OCH3 is 2. The maximum Gasteiger partial charge on any atom is 0.254 e. The lowest BCUT2D eigenvalue weighted by Crippen LogP contribution is -2.29. The van der Waals surface area contributed by atoms with Crippen molar-refractivity contribution in [3.63, 3.8) is 0 Å². The van der Waals surface area contributed by atoms with Crippen molar-refractivity contribution >= 4 is 17.1 Å². The molecule has 7 nitrogen and oxygen atoms in total. The van der Waals surface area contributed by atoms with Crippen molar-refractivity contribution in [3.8, 4) is 11.5 Å². The SMILES string of the molecule is COc1cc(OC)cc(C(=O)N2CC[C@H](Cc3nc4cccnc4n3C)C2)c1. The third kappa shape index (κ3) is 3.40. The molecule has 146 valence electrons. The van der Waals surface area contributed by atoms with Gasteiger partial charge in [-0.2, -0.15) is 0 Å². The molecule has 1 atom stereocenters. The van der Waals surface area contributed by atoms with Crippen molar-refractivity contribution in [1.29, 1.82) is 0 Å². The largest absolute Gasteiger partial charge is 0.497 e. The number of imidazole rings is 1. The Morgan fingerprint density at radius 2 is 1.96 bits per heavy atom. The highest BCUT2D eigenvalue weighted by Gasteiger charge is 2.28. The Labute approximate surface area is 163 Å². The maximum absolute atomic E-state index is 13.0. The van der Waals surface area contributed by atoms with Crippen LogP contribution in [0.3, 0.4) is 0 Å². The summed E-state index contributed by atoms with van der Waals surface area (Å²) in [5.41, 5.74) is 2.39. The smallest absolute Gasteiger partial charge is 0.254 e. The van der Waals surface area contributed by atoms with E-state index >= 15 is 0 Å². The number of likely N-dealkylation sites (tertiary alicyclic amines) is 1. The van der Waals surface area contributed by atoms with Gasteiger partial charge in [0.15, 0.2) is 5.65 Å². The normalized spacial score (nSPS) is 16.5. The van der Waals surface area contributed by atoms with Crippen LogP contribution in [0.5, 0.6) is 11.5 Å². The summed E-state index contributed by atoms with van der Waals surface area (Å²) in [6, 6.07) is 9.16. The number of benzene rings is 1. The summed E-state index contributed by atoms with van der Waals surface area (Å²) in [5, 5.41) is 0. The number of carbonyl (C=O) groups excluding carboxylic acids is 1.